The Morgan fingerprint density at radius 2 is 2.05 bits per heavy atom. The Morgan fingerprint density at radius 1 is 1.37 bits per heavy atom. The molecule has 0 amide bonds. The summed E-state index contributed by atoms with van der Waals surface area (Å²) in [5.74, 6) is -0.382. The molecule has 2 rings (SSSR count). The van der Waals surface area contributed by atoms with Gasteiger partial charge in [0.1, 0.15) is 4.60 Å². The highest BCUT2D eigenvalue weighted by Gasteiger charge is 2.19. The summed E-state index contributed by atoms with van der Waals surface area (Å²) in [6.45, 7) is 4.59. The van der Waals surface area contributed by atoms with E-state index in [9.17, 15) is 4.79 Å². The Kier molecular flexibility index (Phi) is 4.37. The maximum atomic E-state index is 11.8. The highest BCUT2D eigenvalue weighted by Crippen LogP contribution is 2.21. The van der Waals surface area contributed by atoms with Crippen molar-refractivity contribution >= 4 is 21.9 Å². The average Bonchev–Trinajstić information content (AvgIpc) is 2.69. The van der Waals surface area contributed by atoms with E-state index in [4.69, 9.17) is 4.74 Å². The molecule has 100 valence electrons. The van der Waals surface area contributed by atoms with Gasteiger partial charge in [0.05, 0.1) is 13.2 Å². The fraction of sp³-hybridized carbons (Fsp3) is 0.286. The zero-order valence-electron chi connectivity index (χ0n) is 10.9. The SMILES string of the molecule is CCOC(=O)c1nn(Cc2ccccc2)c(Br)c1C. The first kappa shape index (κ1) is 13.8. The van der Waals surface area contributed by atoms with Crippen molar-refractivity contribution in [1.82, 2.24) is 9.78 Å². The van der Waals surface area contributed by atoms with Crippen molar-refractivity contribution in [2.75, 3.05) is 6.61 Å². The molecule has 0 aliphatic rings. The number of carbonyl (C=O) groups is 1. The van der Waals surface area contributed by atoms with Crippen LogP contribution in [0.25, 0.3) is 0 Å². The van der Waals surface area contributed by atoms with Gasteiger partial charge in [-0.15, -0.1) is 0 Å². The molecular formula is C14H15BrN2O2. The molecular weight excluding hydrogens is 308 g/mol. The van der Waals surface area contributed by atoms with Crippen LogP contribution in [0.2, 0.25) is 0 Å². The minimum Gasteiger partial charge on any atom is -0.461 e. The van der Waals surface area contributed by atoms with Crippen LogP contribution in [0.4, 0.5) is 0 Å². The van der Waals surface area contributed by atoms with Gasteiger partial charge in [0.15, 0.2) is 5.69 Å². The molecule has 0 fully saturated rings. The lowest BCUT2D eigenvalue weighted by Crippen LogP contribution is -2.08. The van der Waals surface area contributed by atoms with Crippen molar-refractivity contribution < 1.29 is 9.53 Å². The van der Waals surface area contributed by atoms with Crippen molar-refractivity contribution in [3.05, 3.63) is 51.8 Å². The minimum atomic E-state index is -0.382. The van der Waals surface area contributed by atoms with Crippen LogP contribution in [0.5, 0.6) is 0 Å². The maximum Gasteiger partial charge on any atom is 0.359 e. The Hall–Kier alpha value is -1.62. The zero-order chi connectivity index (χ0) is 13.8. The van der Waals surface area contributed by atoms with Crippen LogP contribution < -0.4 is 0 Å². The molecule has 1 heterocycles. The van der Waals surface area contributed by atoms with Crippen LogP contribution in [-0.4, -0.2) is 22.4 Å². The lowest BCUT2D eigenvalue weighted by Gasteiger charge is -2.03. The number of halogens is 1. The van der Waals surface area contributed by atoms with E-state index in [1.54, 1.807) is 11.6 Å². The van der Waals surface area contributed by atoms with Gasteiger partial charge < -0.3 is 4.74 Å². The van der Waals surface area contributed by atoms with E-state index in [0.717, 1.165) is 15.7 Å². The summed E-state index contributed by atoms with van der Waals surface area (Å²) in [4.78, 5) is 11.8. The van der Waals surface area contributed by atoms with Crippen molar-refractivity contribution in [2.24, 2.45) is 0 Å². The quantitative estimate of drug-likeness (QED) is 0.812. The summed E-state index contributed by atoms with van der Waals surface area (Å²) >= 11 is 3.47. The van der Waals surface area contributed by atoms with Crippen LogP contribution in [0.15, 0.2) is 34.9 Å². The van der Waals surface area contributed by atoms with Gasteiger partial charge in [-0.2, -0.15) is 5.10 Å². The van der Waals surface area contributed by atoms with Crippen molar-refractivity contribution in [3.63, 3.8) is 0 Å². The molecule has 1 aromatic heterocycles. The Morgan fingerprint density at radius 3 is 2.68 bits per heavy atom. The molecule has 4 nitrogen and oxygen atoms in total. The van der Waals surface area contributed by atoms with Gasteiger partial charge >= 0.3 is 5.97 Å². The predicted octanol–water partition coefficient (Wildman–Crippen LogP) is 3.18. The molecule has 0 unspecified atom stereocenters. The highest BCUT2D eigenvalue weighted by molar-refractivity contribution is 9.10. The summed E-state index contributed by atoms with van der Waals surface area (Å²) < 4.78 is 7.56. The van der Waals surface area contributed by atoms with Crippen molar-refractivity contribution in [2.45, 2.75) is 20.4 Å². The second-order valence-corrected chi connectivity index (χ2v) is 4.88. The molecule has 0 N–H and O–H groups in total. The number of hydrogen-bond donors (Lipinski definition) is 0. The number of aromatic nitrogens is 2. The van der Waals surface area contributed by atoms with Crippen LogP contribution >= 0.6 is 15.9 Å². The molecule has 0 saturated carbocycles. The van der Waals surface area contributed by atoms with E-state index in [-0.39, 0.29) is 5.97 Å². The molecule has 1 aromatic carbocycles. The van der Waals surface area contributed by atoms with Gasteiger partial charge in [-0.25, -0.2) is 4.79 Å². The zero-order valence-corrected chi connectivity index (χ0v) is 12.5. The number of hydrogen-bond acceptors (Lipinski definition) is 3. The number of benzene rings is 1. The molecule has 19 heavy (non-hydrogen) atoms. The van der Waals surface area contributed by atoms with E-state index in [0.29, 0.717) is 18.8 Å². The van der Waals surface area contributed by atoms with E-state index in [1.165, 1.54) is 0 Å². The second kappa shape index (κ2) is 6.02. The Balaban J connectivity index is 2.28. The smallest absolute Gasteiger partial charge is 0.359 e. The minimum absolute atomic E-state index is 0.349. The van der Waals surface area contributed by atoms with E-state index in [1.807, 2.05) is 37.3 Å². The molecule has 5 heteroatoms. The first-order chi connectivity index (χ1) is 9.13. The molecule has 0 atom stereocenters. The number of esters is 1. The van der Waals surface area contributed by atoms with Crippen LogP contribution in [0.1, 0.15) is 28.5 Å². The fourth-order valence-electron chi connectivity index (χ4n) is 1.79. The number of carbonyl (C=O) groups excluding carboxylic acids is 1. The third kappa shape index (κ3) is 3.04. The summed E-state index contributed by atoms with van der Waals surface area (Å²) in [5.41, 5.74) is 2.29. The van der Waals surface area contributed by atoms with Gasteiger partial charge in [-0.3, -0.25) is 4.68 Å². The first-order valence-electron chi connectivity index (χ1n) is 6.07. The monoisotopic (exact) mass is 322 g/mol. The van der Waals surface area contributed by atoms with Crippen molar-refractivity contribution in [1.29, 1.82) is 0 Å². The van der Waals surface area contributed by atoms with Gasteiger partial charge in [0, 0.05) is 5.56 Å². The summed E-state index contributed by atoms with van der Waals surface area (Å²) in [5, 5.41) is 4.32. The Labute approximate surface area is 120 Å². The normalized spacial score (nSPS) is 10.5. The summed E-state index contributed by atoms with van der Waals surface area (Å²) in [6.07, 6.45) is 0. The van der Waals surface area contributed by atoms with Gasteiger partial charge in [-0.05, 0) is 35.3 Å². The highest BCUT2D eigenvalue weighted by atomic mass is 79.9. The second-order valence-electron chi connectivity index (χ2n) is 4.13. The molecule has 0 saturated heterocycles. The van der Waals surface area contributed by atoms with Crippen LogP contribution in [-0.2, 0) is 11.3 Å². The van der Waals surface area contributed by atoms with Crippen LogP contribution in [0.3, 0.4) is 0 Å². The summed E-state index contributed by atoms with van der Waals surface area (Å²) in [6, 6.07) is 9.97. The van der Waals surface area contributed by atoms with Gasteiger partial charge in [0.2, 0.25) is 0 Å². The molecule has 0 spiro atoms. The Bertz CT molecular complexity index is 579. The lowest BCUT2D eigenvalue weighted by atomic mass is 10.2. The predicted molar refractivity (Wildman–Crippen MR) is 76.2 cm³/mol. The molecule has 0 aliphatic heterocycles. The third-order valence-corrected chi connectivity index (χ3v) is 3.76. The number of rotatable bonds is 4. The van der Waals surface area contributed by atoms with E-state index in [2.05, 4.69) is 21.0 Å². The van der Waals surface area contributed by atoms with Gasteiger partial charge in [-0.1, -0.05) is 30.3 Å². The van der Waals surface area contributed by atoms with Gasteiger partial charge in [0.25, 0.3) is 0 Å². The van der Waals surface area contributed by atoms with E-state index >= 15 is 0 Å². The van der Waals surface area contributed by atoms with Crippen molar-refractivity contribution in [3.8, 4) is 0 Å². The molecule has 2 aromatic rings. The van der Waals surface area contributed by atoms with Crippen LogP contribution in [0, 0.1) is 6.92 Å². The fourth-order valence-corrected chi connectivity index (χ4v) is 2.18. The molecule has 0 bridgehead atoms. The molecule has 0 aliphatic carbocycles. The third-order valence-electron chi connectivity index (χ3n) is 2.76. The largest absolute Gasteiger partial charge is 0.461 e. The topological polar surface area (TPSA) is 44.1 Å². The first-order valence-corrected chi connectivity index (χ1v) is 6.86. The lowest BCUT2D eigenvalue weighted by molar-refractivity contribution is 0.0517. The maximum absolute atomic E-state index is 11.8. The number of nitrogens with zero attached hydrogens (tertiary/aromatic N) is 2. The molecule has 0 radical (unpaired) electrons. The number of ether oxygens (including phenoxy) is 1. The standard InChI is InChI=1S/C14H15BrN2O2/c1-3-19-14(18)12-10(2)13(15)17(16-12)9-11-7-5-4-6-8-11/h4-8H,3,9H2,1-2H3. The van der Waals surface area contributed by atoms with E-state index < -0.39 is 0 Å². The summed E-state index contributed by atoms with van der Waals surface area (Å²) in [7, 11) is 0. The average molecular weight is 323 g/mol.